The van der Waals surface area contributed by atoms with Crippen LogP contribution in [0.15, 0.2) is 52.6 Å². The van der Waals surface area contributed by atoms with Crippen molar-refractivity contribution >= 4 is 27.5 Å². The van der Waals surface area contributed by atoms with Gasteiger partial charge in [-0.05, 0) is 64.2 Å². The first-order valence-corrected chi connectivity index (χ1v) is 9.20. The van der Waals surface area contributed by atoms with Gasteiger partial charge in [-0.3, -0.25) is 9.59 Å². The average Bonchev–Trinajstić information content (AvgIpc) is 2.61. The van der Waals surface area contributed by atoms with Gasteiger partial charge in [0.1, 0.15) is 0 Å². The number of rotatable bonds is 3. The monoisotopic (exact) mass is 416 g/mol. The van der Waals surface area contributed by atoms with Crippen molar-refractivity contribution in [3.05, 3.63) is 58.1 Å². The van der Waals surface area contributed by atoms with E-state index < -0.39 is 11.3 Å². The number of phenolic OH excluding ortho intramolecular Hbond substituents is 1. The van der Waals surface area contributed by atoms with Crippen LogP contribution in [0.4, 0.5) is 0 Å². The minimum atomic E-state index is -0.907. The molecule has 0 amide bonds. The van der Waals surface area contributed by atoms with Crippen molar-refractivity contribution in [3.8, 4) is 11.5 Å². The Morgan fingerprint density at radius 3 is 2.69 bits per heavy atom. The second-order valence-corrected chi connectivity index (χ2v) is 7.88. The summed E-state index contributed by atoms with van der Waals surface area (Å²) in [5.74, 6) is -0.498. The molecule has 0 saturated heterocycles. The van der Waals surface area contributed by atoms with Crippen LogP contribution in [-0.4, -0.2) is 23.8 Å². The molecule has 2 aliphatic carbocycles. The summed E-state index contributed by atoms with van der Waals surface area (Å²) in [6.45, 7) is 7.46. The fourth-order valence-electron chi connectivity index (χ4n) is 4.33. The summed E-state index contributed by atoms with van der Waals surface area (Å²) in [7, 11) is 1.48. The number of Topliss-reactive ketones (excluding diaryl/α,β-unsaturated/α-hetero) is 1. The molecule has 0 radical (unpaired) electrons. The quantitative estimate of drug-likeness (QED) is 0.788. The van der Waals surface area contributed by atoms with Crippen LogP contribution in [0.5, 0.6) is 11.5 Å². The third-order valence-corrected chi connectivity index (χ3v) is 6.24. The number of aromatic hydroxyl groups is 1. The zero-order valence-electron chi connectivity index (χ0n) is 15.0. The van der Waals surface area contributed by atoms with Crippen LogP contribution in [0.2, 0.25) is 0 Å². The number of hydrogen-bond acceptors (Lipinski definition) is 4. The molecule has 0 bridgehead atoms. The molecule has 5 heteroatoms. The van der Waals surface area contributed by atoms with Crippen molar-refractivity contribution in [1.29, 1.82) is 0 Å². The van der Waals surface area contributed by atoms with Gasteiger partial charge in [-0.2, -0.15) is 0 Å². The van der Waals surface area contributed by atoms with Crippen molar-refractivity contribution in [3.63, 3.8) is 0 Å². The predicted octanol–water partition coefficient (Wildman–Crippen LogP) is 4.48. The van der Waals surface area contributed by atoms with E-state index in [0.717, 1.165) is 11.1 Å². The van der Waals surface area contributed by atoms with Gasteiger partial charge in [0.05, 0.1) is 17.0 Å². The molecule has 0 heterocycles. The van der Waals surface area contributed by atoms with Gasteiger partial charge in [-0.15, -0.1) is 0 Å². The predicted molar refractivity (Wildman–Crippen MR) is 103 cm³/mol. The number of phenols is 1. The molecule has 1 aromatic rings. The van der Waals surface area contributed by atoms with Crippen LogP contribution in [0, 0.1) is 11.3 Å². The van der Waals surface area contributed by atoms with Crippen LogP contribution < -0.4 is 4.74 Å². The van der Waals surface area contributed by atoms with Crippen molar-refractivity contribution in [2.45, 2.75) is 26.2 Å². The number of ether oxygens (including phenoxy) is 1. The van der Waals surface area contributed by atoms with Crippen molar-refractivity contribution in [2.75, 3.05) is 7.11 Å². The van der Waals surface area contributed by atoms with E-state index in [0.29, 0.717) is 22.2 Å². The van der Waals surface area contributed by atoms with Crippen LogP contribution >= 0.6 is 15.9 Å². The maximum Gasteiger partial charge on any atom is 0.172 e. The standard InChI is InChI=1S/C21H21BrO4/c1-5-12-6-7-14-16(23)8-11(2)20(25)21(14,3)18(12)13-9-15(22)19(24)17(10-13)26-4/h5-6,8-10,14,18,24H,1,7H2,2-4H3. The smallest absolute Gasteiger partial charge is 0.172 e. The normalized spacial score (nSPS) is 28.2. The summed E-state index contributed by atoms with van der Waals surface area (Å²) in [6, 6.07) is 3.50. The fraction of sp³-hybridized carbons (Fsp3) is 0.333. The van der Waals surface area contributed by atoms with E-state index >= 15 is 0 Å². The second-order valence-electron chi connectivity index (χ2n) is 7.02. The molecule has 4 nitrogen and oxygen atoms in total. The summed E-state index contributed by atoms with van der Waals surface area (Å²) in [5.41, 5.74) is 1.27. The highest BCUT2D eigenvalue weighted by Gasteiger charge is 2.55. The Kier molecular flexibility index (Phi) is 4.69. The number of methoxy groups -OCH3 is 1. The van der Waals surface area contributed by atoms with Gasteiger partial charge in [0, 0.05) is 11.8 Å². The molecule has 0 saturated carbocycles. The Labute approximate surface area is 161 Å². The molecule has 26 heavy (non-hydrogen) atoms. The lowest BCUT2D eigenvalue weighted by Gasteiger charge is -2.47. The van der Waals surface area contributed by atoms with Crippen LogP contribution in [0.3, 0.4) is 0 Å². The molecule has 2 aliphatic rings. The molecule has 0 fully saturated rings. The third kappa shape index (κ3) is 2.57. The number of benzene rings is 1. The molecular formula is C21H21BrO4. The number of hydrogen-bond donors (Lipinski definition) is 1. The SMILES string of the molecule is C=CC1=CCC2C(=O)C=C(C)C(=O)C2(C)C1c1cc(Br)c(O)c(OC)c1. The Morgan fingerprint density at radius 2 is 2.08 bits per heavy atom. The van der Waals surface area contributed by atoms with E-state index in [1.165, 1.54) is 13.2 Å². The Hall–Kier alpha value is -2.14. The lowest BCUT2D eigenvalue weighted by molar-refractivity contribution is -0.137. The van der Waals surface area contributed by atoms with E-state index in [9.17, 15) is 14.7 Å². The van der Waals surface area contributed by atoms with Gasteiger partial charge in [0.25, 0.3) is 0 Å². The summed E-state index contributed by atoms with van der Waals surface area (Å²) < 4.78 is 5.75. The Bertz CT molecular complexity index is 880. The number of ketones is 2. The summed E-state index contributed by atoms with van der Waals surface area (Å²) in [4.78, 5) is 25.9. The first-order chi connectivity index (χ1) is 12.2. The van der Waals surface area contributed by atoms with Crippen molar-refractivity contribution < 1.29 is 19.4 Å². The first-order valence-electron chi connectivity index (χ1n) is 8.41. The van der Waals surface area contributed by atoms with E-state index in [2.05, 4.69) is 22.5 Å². The topological polar surface area (TPSA) is 63.6 Å². The molecule has 3 unspecified atom stereocenters. The summed E-state index contributed by atoms with van der Waals surface area (Å²) >= 11 is 3.35. The van der Waals surface area contributed by atoms with E-state index in [1.807, 2.05) is 13.0 Å². The number of allylic oxidation sites excluding steroid dienone is 5. The third-order valence-electron chi connectivity index (χ3n) is 5.64. The molecule has 3 rings (SSSR count). The number of halogens is 1. The zero-order chi connectivity index (χ0) is 19.2. The molecule has 3 atom stereocenters. The molecule has 1 aromatic carbocycles. The van der Waals surface area contributed by atoms with Gasteiger partial charge < -0.3 is 9.84 Å². The van der Waals surface area contributed by atoms with Gasteiger partial charge in [-0.1, -0.05) is 25.7 Å². The van der Waals surface area contributed by atoms with Crippen LogP contribution in [-0.2, 0) is 9.59 Å². The van der Waals surface area contributed by atoms with Gasteiger partial charge >= 0.3 is 0 Å². The molecule has 0 spiro atoms. The second kappa shape index (κ2) is 6.54. The molecular weight excluding hydrogens is 396 g/mol. The van der Waals surface area contributed by atoms with Crippen molar-refractivity contribution in [1.82, 2.24) is 0 Å². The minimum absolute atomic E-state index is 0.0000172. The Balaban J connectivity index is 2.27. The largest absolute Gasteiger partial charge is 0.503 e. The molecule has 0 aliphatic heterocycles. The molecule has 1 N–H and O–H groups in total. The number of fused-ring (bicyclic) bond motifs is 1. The highest BCUT2D eigenvalue weighted by Crippen LogP contribution is 2.56. The molecule has 0 aromatic heterocycles. The maximum absolute atomic E-state index is 13.2. The van der Waals surface area contributed by atoms with E-state index in [4.69, 9.17) is 4.74 Å². The van der Waals surface area contributed by atoms with Crippen LogP contribution in [0.25, 0.3) is 0 Å². The highest BCUT2D eigenvalue weighted by molar-refractivity contribution is 9.10. The molecule has 136 valence electrons. The van der Waals surface area contributed by atoms with Crippen molar-refractivity contribution in [2.24, 2.45) is 11.3 Å². The zero-order valence-corrected chi connectivity index (χ0v) is 16.6. The fourth-order valence-corrected chi connectivity index (χ4v) is 4.79. The first kappa shape index (κ1) is 18.6. The van der Waals surface area contributed by atoms with E-state index in [1.54, 1.807) is 25.1 Å². The Morgan fingerprint density at radius 1 is 1.38 bits per heavy atom. The number of carbonyl (C=O) groups is 2. The van der Waals surface area contributed by atoms with Crippen LogP contribution in [0.1, 0.15) is 31.7 Å². The minimum Gasteiger partial charge on any atom is -0.503 e. The average molecular weight is 417 g/mol. The lowest BCUT2D eigenvalue weighted by Crippen LogP contribution is -2.49. The number of carbonyl (C=O) groups excluding carboxylic acids is 2. The summed E-state index contributed by atoms with van der Waals surface area (Å²) in [6.07, 6.45) is 5.70. The van der Waals surface area contributed by atoms with Gasteiger partial charge in [0.15, 0.2) is 23.1 Å². The van der Waals surface area contributed by atoms with E-state index in [-0.39, 0.29) is 23.2 Å². The van der Waals surface area contributed by atoms with Gasteiger partial charge in [-0.25, -0.2) is 0 Å². The maximum atomic E-state index is 13.2. The summed E-state index contributed by atoms with van der Waals surface area (Å²) in [5, 5.41) is 10.1. The lowest BCUT2D eigenvalue weighted by atomic mass is 9.53. The highest BCUT2D eigenvalue weighted by atomic mass is 79.9. The van der Waals surface area contributed by atoms with Gasteiger partial charge in [0.2, 0.25) is 0 Å².